The Morgan fingerprint density at radius 2 is 2.15 bits per heavy atom. The highest BCUT2D eigenvalue weighted by Gasteiger charge is 2.14. The van der Waals surface area contributed by atoms with Crippen molar-refractivity contribution < 1.29 is 23.8 Å². The Morgan fingerprint density at radius 1 is 1.40 bits per heavy atom. The summed E-state index contributed by atoms with van der Waals surface area (Å²) in [7, 11) is 1.48. The van der Waals surface area contributed by atoms with E-state index in [1.54, 1.807) is 18.2 Å². The lowest BCUT2D eigenvalue weighted by Gasteiger charge is -2.08. The second-order valence-corrected chi connectivity index (χ2v) is 3.88. The summed E-state index contributed by atoms with van der Waals surface area (Å²) in [4.78, 5) is 10.9. The Balaban J connectivity index is 2.16. The van der Waals surface area contributed by atoms with E-state index in [4.69, 9.17) is 24.3 Å². The number of carboxylic acids is 1. The predicted molar refractivity (Wildman–Crippen MR) is 67.7 cm³/mol. The summed E-state index contributed by atoms with van der Waals surface area (Å²) in [6.07, 6.45) is 1.29. The minimum absolute atomic E-state index is 0.0240. The van der Waals surface area contributed by atoms with Crippen LogP contribution < -0.4 is 9.47 Å². The molecular weight excluding hydrogens is 262 g/mol. The standard InChI is InChI=1S/C14H11NO5/c1-18-11-4-9(7-15)5-12(6-11)20-8-10-2-3-19-13(10)14(16)17/h2-6H,8H2,1H3,(H,16,17). The zero-order valence-electron chi connectivity index (χ0n) is 10.6. The first-order chi connectivity index (χ1) is 9.63. The smallest absolute Gasteiger partial charge is 0.372 e. The molecule has 0 unspecified atom stereocenters. The molecule has 1 N–H and O–H groups in total. The van der Waals surface area contributed by atoms with Crippen LogP contribution in [0.1, 0.15) is 21.7 Å². The average molecular weight is 273 g/mol. The van der Waals surface area contributed by atoms with Gasteiger partial charge in [-0.15, -0.1) is 0 Å². The van der Waals surface area contributed by atoms with Crippen LogP contribution in [-0.2, 0) is 6.61 Å². The lowest BCUT2D eigenvalue weighted by molar-refractivity contribution is 0.0658. The van der Waals surface area contributed by atoms with Crippen molar-refractivity contribution in [2.75, 3.05) is 7.11 Å². The van der Waals surface area contributed by atoms with Gasteiger partial charge in [-0.25, -0.2) is 4.79 Å². The summed E-state index contributed by atoms with van der Waals surface area (Å²) in [5.41, 5.74) is 0.809. The summed E-state index contributed by atoms with van der Waals surface area (Å²) in [5, 5.41) is 17.8. The van der Waals surface area contributed by atoms with E-state index in [1.165, 1.54) is 19.4 Å². The van der Waals surface area contributed by atoms with Gasteiger partial charge in [0.05, 0.1) is 25.0 Å². The number of benzene rings is 1. The SMILES string of the molecule is COc1cc(C#N)cc(OCc2ccoc2C(=O)O)c1. The van der Waals surface area contributed by atoms with Gasteiger partial charge in [-0.2, -0.15) is 5.26 Å². The molecule has 0 spiro atoms. The Hall–Kier alpha value is -2.94. The first-order valence-corrected chi connectivity index (χ1v) is 5.65. The van der Waals surface area contributed by atoms with Gasteiger partial charge in [0, 0.05) is 11.6 Å². The molecule has 0 aliphatic rings. The zero-order chi connectivity index (χ0) is 14.5. The van der Waals surface area contributed by atoms with E-state index in [0.717, 1.165) is 0 Å². The number of hydrogen-bond donors (Lipinski definition) is 1. The molecule has 2 rings (SSSR count). The van der Waals surface area contributed by atoms with Crippen LogP contribution in [0, 0.1) is 11.3 Å². The van der Waals surface area contributed by atoms with Gasteiger partial charge >= 0.3 is 5.97 Å². The van der Waals surface area contributed by atoms with E-state index >= 15 is 0 Å². The predicted octanol–water partition coefficient (Wildman–Crippen LogP) is 2.44. The largest absolute Gasteiger partial charge is 0.497 e. The molecular formula is C14H11NO5. The molecule has 0 atom stereocenters. The molecule has 102 valence electrons. The van der Waals surface area contributed by atoms with E-state index in [1.807, 2.05) is 6.07 Å². The Labute approximate surface area is 114 Å². The Morgan fingerprint density at radius 3 is 2.80 bits per heavy atom. The third kappa shape index (κ3) is 2.90. The molecule has 0 amide bonds. The minimum Gasteiger partial charge on any atom is -0.497 e. The van der Waals surface area contributed by atoms with Crippen LogP contribution in [0.3, 0.4) is 0 Å². The highest BCUT2D eigenvalue weighted by atomic mass is 16.5. The van der Waals surface area contributed by atoms with Crippen molar-refractivity contribution in [1.82, 2.24) is 0 Å². The molecule has 20 heavy (non-hydrogen) atoms. The van der Waals surface area contributed by atoms with Crippen molar-refractivity contribution in [3.8, 4) is 17.6 Å². The van der Waals surface area contributed by atoms with Crippen molar-refractivity contribution in [2.24, 2.45) is 0 Å². The normalized spacial score (nSPS) is 9.80. The van der Waals surface area contributed by atoms with Crippen molar-refractivity contribution in [3.63, 3.8) is 0 Å². The molecule has 1 heterocycles. The van der Waals surface area contributed by atoms with Crippen molar-refractivity contribution in [1.29, 1.82) is 5.26 Å². The van der Waals surface area contributed by atoms with E-state index in [-0.39, 0.29) is 12.4 Å². The third-order valence-corrected chi connectivity index (χ3v) is 2.58. The van der Waals surface area contributed by atoms with Gasteiger partial charge in [0.2, 0.25) is 5.76 Å². The lowest BCUT2D eigenvalue weighted by Crippen LogP contribution is -2.02. The molecule has 0 radical (unpaired) electrons. The topological polar surface area (TPSA) is 92.7 Å². The molecule has 0 fully saturated rings. The molecule has 0 saturated heterocycles. The number of aromatic carboxylic acids is 1. The fourth-order valence-corrected chi connectivity index (χ4v) is 1.64. The Kier molecular flexibility index (Phi) is 3.91. The summed E-state index contributed by atoms with van der Waals surface area (Å²) in [5.74, 6) is -0.409. The van der Waals surface area contributed by atoms with Crippen LogP contribution >= 0.6 is 0 Å². The highest BCUT2D eigenvalue weighted by Crippen LogP contribution is 2.23. The van der Waals surface area contributed by atoms with Crippen LogP contribution in [0.2, 0.25) is 0 Å². The van der Waals surface area contributed by atoms with E-state index < -0.39 is 5.97 Å². The third-order valence-electron chi connectivity index (χ3n) is 2.58. The van der Waals surface area contributed by atoms with Crippen LogP contribution in [0.15, 0.2) is 34.9 Å². The number of nitrogens with zero attached hydrogens (tertiary/aromatic N) is 1. The van der Waals surface area contributed by atoms with Gasteiger partial charge in [0.1, 0.15) is 18.1 Å². The fourth-order valence-electron chi connectivity index (χ4n) is 1.64. The number of methoxy groups -OCH3 is 1. The summed E-state index contributed by atoms with van der Waals surface area (Å²) < 4.78 is 15.4. The Bertz CT molecular complexity index is 668. The van der Waals surface area contributed by atoms with Crippen molar-refractivity contribution in [2.45, 2.75) is 6.61 Å². The summed E-state index contributed by atoms with van der Waals surface area (Å²) in [6, 6.07) is 8.25. The molecule has 2 aromatic rings. The zero-order valence-corrected chi connectivity index (χ0v) is 10.6. The maximum absolute atomic E-state index is 10.9. The van der Waals surface area contributed by atoms with Crippen molar-refractivity contribution >= 4 is 5.97 Å². The van der Waals surface area contributed by atoms with Crippen LogP contribution in [0.25, 0.3) is 0 Å². The quantitative estimate of drug-likeness (QED) is 0.899. The number of carboxylic acid groups (broad SMARTS) is 1. The molecule has 0 saturated carbocycles. The van der Waals surface area contributed by atoms with Crippen LogP contribution in [0.5, 0.6) is 11.5 Å². The number of furan rings is 1. The van der Waals surface area contributed by atoms with Gasteiger partial charge in [-0.05, 0) is 18.2 Å². The van der Waals surface area contributed by atoms with Gasteiger partial charge in [0.15, 0.2) is 0 Å². The monoisotopic (exact) mass is 273 g/mol. The lowest BCUT2D eigenvalue weighted by atomic mass is 10.2. The molecule has 1 aromatic heterocycles. The number of hydrogen-bond acceptors (Lipinski definition) is 5. The van der Waals surface area contributed by atoms with E-state index in [2.05, 4.69) is 0 Å². The second kappa shape index (κ2) is 5.80. The van der Waals surface area contributed by atoms with Gasteiger partial charge in [0.25, 0.3) is 0 Å². The van der Waals surface area contributed by atoms with E-state index in [0.29, 0.717) is 22.6 Å². The molecule has 0 aliphatic carbocycles. The number of rotatable bonds is 5. The van der Waals surface area contributed by atoms with Crippen LogP contribution in [-0.4, -0.2) is 18.2 Å². The molecule has 0 aliphatic heterocycles. The first kappa shape index (κ1) is 13.5. The van der Waals surface area contributed by atoms with Gasteiger partial charge in [-0.3, -0.25) is 0 Å². The van der Waals surface area contributed by atoms with Crippen molar-refractivity contribution in [3.05, 3.63) is 47.4 Å². The molecule has 1 aromatic carbocycles. The number of ether oxygens (including phenoxy) is 2. The first-order valence-electron chi connectivity index (χ1n) is 5.65. The summed E-state index contributed by atoms with van der Waals surface area (Å²) >= 11 is 0. The molecule has 6 heteroatoms. The minimum atomic E-state index is -1.16. The average Bonchev–Trinajstić information content (AvgIpc) is 2.93. The maximum Gasteiger partial charge on any atom is 0.372 e. The molecule has 0 bridgehead atoms. The van der Waals surface area contributed by atoms with Gasteiger partial charge in [-0.1, -0.05) is 0 Å². The van der Waals surface area contributed by atoms with E-state index in [9.17, 15) is 4.79 Å². The molecule has 6 nitrogen and oxygen atoms in total. The maximum atomic E-state index is 10.9. The summed E-state index contributed by atoms with van der Waals surface area (Å²) in [6.45, 7) is 0.0240. The number of carbonyl (C=O) groups is 1. The highest BCUT2D eigenvalue weighted by molar-refractivity contribution is 5.86. The second-order valence-electron chi connectivity index (χ2n) is 3.88. The van der Waals surface area contributed by atoms with Gasteiger partial charge < -0.3 is 19.0 Å². The van der Waals surface area contributed by atoms with Crippen LogP contribution in [0.4, 0.5) is 0 Å². The fraction of sp³-hybridized carbons (Fsp3) is 0.143. The number of nitriles is 1.